The van der Waals surface area contributed by atoms with Crippen molar-refractivity contribution in [2.75, 3.05) is 25.4 Å². The van der Waals surface area contributed by atoms with Crippen molar-refractivity contribution in [3.63, 3.8) is 0 Å². The van der Waals surface area contributed by atoms with Crippen molar-refractivity contribution in [3.05, 3.63) is 35.4 Å². The van der Waals surface area contributed by atoms with E-state index in [-0.39, 0.29) is 17.7 Å². The fraction of sp³-hybridized carbons (Fsp3) is 0.650. The van der Waals surface area contributed by atoms with Crippen LogP contribution in [0.1, 0.15) is 44.2 Å². The van der Waals surface area contributed by atoms with Crippen LogP contribution < -0.4 is 5.32 Å². The van der Waals surface area contributed by atoms with Gasteiger partial charge in [-0.3, -0.25) is 9.69 Å². The average Bonchev–Trinajstić information content (AvgIpc) is 3.16. The van der Waals surface area contributed by atoms with Crippen LogP contribution >= 0.6 is 0 Å². The molecule has 7 heteroatoms. The van der Waals surface area contributed by atoms with Crippen LogP contribution in [0.25, 0.3) is 0 Å². The molecule has 2 heterocycles. The number of carbonyl (C=O) groups excluding carboxylic acids is 1. The van der Waals surface area contributed by atoms with E-state index in [0.29, 0.717) is 25.9 Å². The molecule has 0 aromatic heterocycles. The lowest BCUT2D eigenvalue weighted by atomic mass is 9.99. The van der Waals surface area contributed by atoms with Crippen molar-refractivity contribution in [2.45, 2.75) is 58.2 Å². The van der Waals surface area contributed by atoms with E-state index in [4.69, 9.17) is 0 Å². The van der Waals surface area contributed by atoms with Crippen LogP contribution in [0.2, 0.25) is 0 Å². The quantitative estimate of drug-likeness (QED) is 0.766. The van der Waals surface area contributed by atoms with Crippen LogP contribution in [0.5, 0.6) is 0 Å². The van der Waals surface area contributed by atoms with Crippen molar-refractivity contribution >= 4 is 15.9 Å². The third kappa shape index (κ3) is 4.70. The molecule has 1 aromatic carbocycles. The molecule has 0 bridgehead atoms. The van der Waals surface area contributed by atoms with Gasteiger partial charge in [-0.15, -0.1) is 0 Å². The Labute approximate surface area is 163 Å². The predicted molar refractivity (Wildman–Crippen MR) is 107 cm³/mol. The van der Waals surface area contributed by atoms with Crippen LogP contribution in [0.3, 0.4) is 0 Å². The molecule has 0 aliphatic carbocycles. The number of nitrogens with zero attached hydrogens (tertiary/aromatic N) is 2. The first-order chi connectivity index (χ1) is 12.9. The van der Waals surface area contributed by atoms with E-state index in [1.165, 1.54) is 15.4 Å². The molecule has 0 spiro atoms. The fourth-order valence-corrected chi connectivity index (χ4v) is 5.85. The van der Waals surface area contributed by atoms with Gasteiger partial charge in [0.25, 0.3) is 0 Å². The molecule has 2 atom stereocenters. The Balaban J connectivity index is 1.54. The van der Waals surface area contributed by atoms with Gasteiger partial charge in [0, 0.05) is 32.2 Å². The molecule has 1 aromatic rings. The minimum Gasteiger partial charge on any atom is -0.353 e. The minimum absolute atomic E-state index is 0.111. The lowest BCUT2D eigenvalue weighted by Crippen LogP contribution is -2.50. The Hall–Kier alpha value is -1.44. The first kappa shape index (κ1) is 20.3. The van der Waals surface area contributed by atoms with Gasteiger partial charge in [-0.2, -0.15) is 4.31 Å². The average molecular weight is 394 g/mol. The zero-order valence-corrected chi connectivity index (χ0v) is 17.2. The summed E-state index contributed by atoms with van der Waals surface area (Å²) in [7, 11) is -3.33. The van der Waals surface area contributed by atoms with Crippen LogP contribution in [0.4, 0.5) is 0 Å². The Bertz CT molecular complexity index is 765. The molecular formula is C20H31N3O3S. The summed E-state index contributed by atoms with van der Waals surface area (Å²) in [5, 5.41) is 3.00. The van der Waals surface area contributed by atoms with E-state index in [1.54, 1.807) is 0 Å². The Morgan fingerprint density at radius 1 is 1.26 bits per heavy atom. The highest BCUT2D eigenvalue weighted by atomic mass is 32.2. The molecule has 6 nitrogen and oxygen atoms in total. The van der Waals surface area contributed by atoms with E-state index in [9.17, 15) is 13.2 Å². The van der Waals surface area contributed by atoms with Crippen LogP contribution in [0, 0.1) is 0 Å². The lowest BCUT2D eigenvalue weighted by molar-refractivity contribution is -0.124. The van der Waals surface area contributed by atoms with Crippen LogP contribution in [-0.4, -0.2) is 61.0 Å². The summed E-state index contributed by atoms with van der Waals surface area (Å²) in [6.45, 7) is 6.84. The predicted octanol–water partition coefficient (Wildman–Crippen LogP) is 1.75. The number of nitrogens with one attached hydrogen (secondary N) is 1. The molecule has 1 fully saturated rings. The third-order valence-corrected chi connectivity index (χ3v) is 7.76. The monoisotopic (exact) mass is 393 g/mol. The SMILES string of the molecule is CCCS(=O)(=O)N1CCCC1C(=O)NCC(C)N1CCc2ccccc2C1. The van der Waals surface area contributed by atoms with Gasteiger partial charge in [0.1, 0.15) is 6.04 Å². The van der Waals surface area contributed by atoms with Gasteiger partial charge in [0.2, 0.25) is 15.9 Å². The molecule has 1 saturated heterocycles. The molecule has 27 heavy (non-hydrogen) atoms. The van der Waals surface area contributed by atoms with Gasteiger partial charge in [-0.05, 0) is 43.7 Å². The highest BCUT2D eigenvalue weighted by Gasteiger charge is 2.38. The summed E-state index contributed by atoms with van der Waals surface area (Å²) in [5.41, 5.74) is 2.77. The highest BCUT2D eigenvalue weighted by Crippen LogP contribution is 2.23. The normalized spacial score (nSPS) is 22.4. The fourth-order valence-electron chi connectivity index (χ4n) is 4.10. The summed E-state index contributed by atoms with van der Waals surface area (Å²) < 4.78 is 26.2. The first-order valence-corrected chi connectivity index (χ1v) is 11.6. The third-order valence-electron chi connectivity index (χ3n) is 5.68. The van der Waals surface area contributed by atoms with E-state index in [1.807, 2.05) is 6.92 Å². The standard InChI is InChI=1S/C20H31N3O3S/c1-3-13-27(25,26)23-11-6-9-19(23)20(24)21-14-16(2)22-12-10-17-7-4-5-8-18(17)15-22/h4-5,7-8,16,19H,3,6,9-15H2,1-2H3,(H,21,24). The van der Waals surface area contributed by atoms with Crippen LogP contribution in [0.15, 0.2) is 24.3 Å². The second kappa shape index (κ2) is 8.71. The zero-order chi connectivity index (χ0) is 19.4. The van der Waals surface area contributed by atoms with Gasteiger partial charge >= 0.3 is 0 Å². The van der Waals surface area contributed by atoms with E-state index in [2.05, 4.69) is 41.4 Å². The number of sulfonamides is 1. The first-order valence-electron chi connectivity index (χ1n) is 10.0. The minimum atomic E-state index is -3.33. The van der Waals surface area contributed by atoms with Crippen LogP contribution in [-0.2, 0) is 27.8 Å². The second-order valence-corrected chi connectivity index (χ2v) is 9.71. The van der Waals surface area contributed by atoms with Crippen molar-refractivity contribution in [3.8, 4) is 0 Å². The maximum Gasteiger partial charge on any atom is 0.238 e. The molecule has 2 unspecified atom stereocenters. The van der Waals surface area contributed by atoms with E-state index in [0.717, 1.165) is 25.9 Å². The van der Waals surface area contributed by atoms with Gasteiger partial charge in [-0.1, -0.05) is 31.2 Å². The van der Waals surface area contributed by atoms with Gasteiger partial charge in [0.05, 0.1) is 5.75 Å². The lowest BCUT2D eigenvalue weighted by Gasteiger charge is -2.34. The number of fused-ring (bicyclic) bond motifs is 1. The van der Waals surface area contributed by atoms with Crippen molar-refractivity contribution < 1.29 is 13.2 Å². The van der Waals surface area contributed by atoms with Crippen molar-refractivity contribution in [2.24, 2.45) is 0 Å². The number of carbonyl (C=O) groups is 1. The summed E-state index contributed by atoms with van der Waals surface area (Å²) in [6.07, 6.45) is 2.96. The summed E-state index contributed by atoms with van der Waals surface area (Å²) in [6, 6.07) is 8.17. The molecular weight excluding hydrogens is 362 g/mol. The Kier molecular flexibility index (Phi) is 6.55. The number of hydrogen-bond donors (Lipinski definition) is 1. The Morgan fingerprint density at radius 3 is 2.74 bits per heavy atom. The number of rotatable bonds is 7. The summed E-state index contributed by atoms with van der Waals surface area (Å²) >= 11 is 0. The van der Waals surface area contributed by atoms with Gasteiger partial charge < -0.3 is 5.32 Å². The zero-order valence-electron chi connectivity index (χ0n) is 16.4. The van der Waals surface area contributed by atoms with Crippen molar-refractivity contribution in [1.29, 1.82) is 0 Å². The molecule has 1 N–H and O–H groups in total. The van der Waals surface area contributed by atoms with E-state index >= 15 is 0 Å². The maximum absolute atomic E-state index is 12.7. The molecule has 0 radical (unpaired) electrons. The Morgan fingerprint density at radius 2 is 2.00 bits per heavy atom. The number of hydrogen-bond acceptors (Lipinski definition) is 4. The topological polar surface area (TPSA) is 69.7 Å². The smallest absolute Gasteiger partial charge is 0.238 e. The maximum atomic E-state index is 12.7. The molecule has 1 amide bonds. The second-order valence-electron chi connectivity index (χ2n) is 7.67. The molecule has 150 valence electrons. The molecule has 2 aliphatic heterocycles. The van der Waals surface area contributed by atoms with E-state index < -0.39 is 16.1 Å². The summed E-state index contributed by atoms with van der Waals surface area (Å²) in [4.78, 5) is 15.0. The molecule has 0 saturated carbocycles. The number of amides is 1. The van der Waals surface area contributed by atoms with Gasteiger partial charge in [-0.25, -0.2) is 8.42 Å². The molecule has 3 rings (SSSR count). The summed E-state index contributed by atoms with van der Waals surface area (Å²) in [5.74, 6) is -0.0446. The number of benzene rings is 1. The molecule has 2 aliphatic rings. The van der Waals surface area contributed by atoms with Crippen molar-refractivity contribution in [1.82, 2.24) is 14.5 Å². The van der Waals surface area contributed by atoms with Gasteiger partial charge in [0.15, 0.2) is 0 Å². The largest absolute Gasteiger partial charge is 0.353 e. The highest BCUT2D eigenvalue weighted by molar-refractivity contribution is 7.89.